The Morgan fingerprint density at radius 3 is 2.53 bits per heavy atom. The van der Waals surface area contributed by atoms with Gasteiger partial charge in [0.2, 0.25) is 0 Å². The third kappa shape index (κ3) is 3.68. The summed E-state index contributed by atoms with van der Waals surface area (Å²) in [6, 6.07) is 0.266. The predicted molar refractivity (Wildman–Crippen MR) is 54.5 cm³/mol. The standard InChI is InChI=1S/C10H19NO4/c12-6-2-5-11(9-3-1-4-9)10(14)15-8-7-13/h9,12-13H,1-8H2. The molecule has 1 amide bonds. The second-order valence-corrected chi connectivity index (χ2v) is 3.69. The van der Waals surface area contributed by atoms with Crippen LogP contribution in [0.4, 0.5) is 4.79 Å². The maximum Gasteiger partial charge on any atom is 0.410 e. The van der Waals surface area contributed by atoms with E-state index in [0.717, 1.165) is 19.3 Å². The minimum absolute atomic E-state index is 0.0428. The summed E-state index contributed by atoms with van der Waals surface area (Å²) in [5.41, 5.74) is 0. The summed E-state index contributed by atoms with van der Waals surface area (Å²) in [6.45, 7) is 0.507. The van der Waals surface area contributed by atoms with Gasteiger partial charge >= 0.3 is 6.09 Å². The molecule has 2 N–H and O–H groups in total. The van der Waals surface area contributed by atoms with Crippen LogP contribution in [-0.4, -0.2) is 53.6 Å². The van der Waals surface area contributed by atoms with Crippen LogP contribution in [0.3, 0.4) is 0 Å². The van der Waals surface area contributed by atoms with Crippen LogP contribution in [0.15, 0.2) is 0 Å². The quantitative estimate of drug-likeness (QED) is 0.673. The molecular weight excluding hydrogens is 198 g/mol. The Morgan fingerprint density at radius 2 is 2.07 bits per heavy atom. The van der Waals surface area contributed by atoms with Crippen molar-refractivity contribution in [3.8, 4) is 0 Å². The van der Waals surface area contributed by atoms with E-state index in [0.29, 0.717) is 13.0 Å². The van der Waals surface area contributed by atoms with Crippen LogP contribution >= 0.6 is 0 Å². The molecule has 15 heavy (non-hydrogen) atoms. The van der Waals surface area contributed by atoms with E-state index in [1.165, 1.54) is 0 Å². The summed E-state index contributed by atoms with van der Waals surface area (Å²) in [5, 5.41) is 17.3. The number of hydrogen-bond donors (Lipinski definition) is 2. The van der Waals surface area contributed by atoms with Crippen molar-refractivity contribution in [1.29, 1.82) is 0 Å². The number of carbonyl (C=O) groups excluding carboxylic acids is 1. The summed E-state index contributed by atoms with van der Waals surface area (Å²) in [4.78, 5) is 13.2. The Labute approximate surface area is 89.6 Å². The molecule has 0 radical (unpaired) electrons. The molecule has 1 fully saturated rings. The molecule has 5 nitrogen and oxygen atoms in total. The fourth-order valence-corrected chi connectivity index (χ4v) is 1.58. The largest absolute Gasteiger partial charge is 0.447 e. The molecule has 0 bridgehead atoms. The van der Waals surface area contributed by atoms with Gasteiger partial charge in [-0.2, -0.15) is 0 Å². The monoisotopic (exact) mass is 217 g/mol. The maximum atomic E-state index is 11.6. The van der Waals surface area contributed by atoms with Gasteiger partial charge in [-0.15, -0.1) is 0 Å². The zero-order valence-electron chi connectivity index (χ0n) is 8.89. The van der Waals surface area contributed by atoms with Gasteiger partial charge in [0.1, 0.15) is 6.61 Å². The van der Waals surface area contributed by atoms with Crippen LogP contribution in [0.2, 0.25) is 0 Å². The van der Waals surface area contributed by atoms with Gasteiger partial charge in [-0.25, -0.2) is 4.79 Å². The molecule has 1 aliphatic rings. The van der Waals surface area contributed by atoms with Crippen LogP contribution < -0.4 is 0 Å². The fraction of sp³-hybridized carbons (Fsp3) is 0.900. The van der Waals surface area contributed by atoms with Crippen molar-refractivity contribution in [3.63, 3.8) is 0 Å². The molecule has 1 rings (SSSR count). The van der Waals surface area contributed by atoms with Gasteiger partial charge in [-0.05, 0) is 25.7 Å². The van der Waals surface area contributed by atoms with Gasteiger partial charge in [-0.1, -0.05) is 0 Å². The van der Waals surface area contributed by atoms with Gasteiger partial charge in [0.15, 0.2) is 0 Å². The Bertz CT molecular complexity index is 194. The first-order chi connectivity index (χ1) is 7.29. The number of amides is 1. The van der Waals surface area contributed by atoms with Crippen molar-refractivity contribution in [1.82, 2.24) is 4.90 Å². The van der Waals surface area contributed by atoms with Crippen molar-refractivity contribution >= 4 is 6.09 Å². The summed E-state index contributed by atoms with van der Waals surface area (Å²) in [5.74, 6) is 0. The topological polar surface area (TPSA) is 70.0 Å². The lowest BCUT2D eigenvalue weighted by molar-refractivity contribution is 0.0530. The summed E-state index contributed by atoms with van der Waals surface area (Å²) in [7, 11) is 0. The minimum atomic E-state index is -0.373. The smallest absolute Gasteiger partial charge is 0.410 e. The van der Waals surface area contributed by atoms with Crippen LogP contribution in [0.1, 0.15) is 25.7 Å². The van der Waals surface area contributed by atoms with Crippen LogP contribution in [-0.2, 0) is 4.74 Å². The molecular formula is C10H19NO4. The van der Waals surface area contributed by atoms with Crippen LogP contribution in [0.25, 0.3) is 0 Å². The first kappa shape index (κ1) is 12.3. The second-order valence-electron chi connectivity index (χ2n) is 3.69. The fourth-order valence-electron chi connectivity index (χ4n) is 1.58. The number of aliphatic hydroxyl groups excluding tert-OH is 2. The molecule has 0 saturated heterocycles. The van der Waals surface area contributed by atoms with Crippen molar-refractivity contribution in [3.05, 3.63) is 0 Å². The molecule has 0 atom stereocenters. The molecule has 1 saturated carbocycles. The molecule has 1 aliphatic carbocycles. The van der Waals surface area contributed by atoms with Gasteiger partial charge in [-0.3, -0.25) is 0 Å². The van der Waals surface area contributed by atoms with Crippen LogP contribution in [0, 0.1) is 0 Å². The molecule has 0 spiro atoms. The highest BCUT2D eigenvalue weighted by molar-refractivity contribution is 5.68. The normalized spacial score (nSPS) is 15.9. The van der Waals surface area contributed by atoms with E-state index in [9.17, 15) is 4.79 Å². The SMILES string of the molecule is O=C(OCCO)N(CCCO)C1CCC1. The number of ether oxygens (including phenoxy) is 1. The zero-order chi connectivity index (χ0) is 11.1. The number of nitrogens with zero attached hydrogens (tertiary/aromatic N) is 1. The average molecular weight is 217 g/mol. The van der Waals surface area contributed by atoms with E-state index in [1.54, 1.807) is 4.90 Å². The van der Waals surface area contributed by atoms with Gasteiger partial charge in [0.25, 0.3) is 0 Å². The maximum absolute atomic E-state index is 11.6. The predicted octanol–water partition coefficient (Wildman–Crippen LogP) is 0.352. The van der Waals surface area contributed by atoms with Gasteiger partial charge in [0, 0.05) is 19.2 Å². The third-order valence-corrected chi connectivity index (χ3v) is 2.62. The van der Waals surface area contributed by atoms with E-state index in [4.69, 9.17) is 14.9 Å². The third-order valence-electron chi connectivity index (χ3n) is 2.62. The van der Waals surface area contributed by atoms with Gasteiger partial charge in [0.05, 0.1) is 6.61 Å². The van der Waals surface area contributed by atoms with Crippen molar-refractivity contribution in [2.24, 2.45) is 0 Å². The number of rotatable bonds is 6. The van der Waals surface area contributed by atoms with Crippen molar-refractivity contribution in [2.45, 2.75) is 31.7 Å². The first-order valence-electron chi connectivity index (χ1n) is 5.44. The Balaban J connectivity index is 2.35. The highest BCUT2D eigenvalue weighted by Gasteiger charge is 2.29. The average Bonchev–Trinajstić information content (AvgIpc) is 2.17. The van der Waals surface area contributed by atoms with E-state index >= 15 is 0 Å². The van der Waals surface area contributed by atoms with Gasteiger partial charge < -0.3 is 19.8 Å². The first-order valence-corrected chi connectivity index (χ1v) is 5.44. The lowest BCUT2D eigenvalue weighted by atomic mass is 9.91. The highest BCUT2D eigenvalue weighted by atomic mass is 16.6. The Hall–Kier alpha value is -0.810. The van der Waals surface area contributed by atoms with Crippen molar-refractivity contribution in [2.75, 3.05) is 26.4 Å². The Morgan fingerprint density at radius 1 is 1.33 bits per heavy atom. The number of aliphatic hydroxyl groups is 2. The zero-order valence-corrected chi connectivity index (χ0v) is 8.89. The van der Waals surface area contributed by atoms with E-state index in [-0.39, 0.29) is 32.0 Å². The molecule has 0 heterocycles. The number of hydrogen-bond acceptors (Lipinski definition) is 4. The molecule has 0 aromatic rings. The molecule has 0 aromatic heterocycles. The molecule has 0 aromatic carbocycles. The molecule has 0 aliphatic heterocycles. The lowest BCUT2D eigenvalue weighted by Crippen LogP contribution is -2.45. The second kappa shape index (κ2) is 6.63. The van der Waals surface area contributed by atoms with Crippen LogP contribution in [0.5, 0.6) is 0 Å². The lowest BCUT2D eigenvalue weighted by Gasteiger charge is -2.36. The number of carbonyl (C=O) groups is 1. The highest BCUT2D eigenvalue weighted by Crippen LogP contribution is 2.25. The summed E-state index contributed by atoms with van der Waals surface area (Å²) < 4.78 is 4.86. The van der Waals surface area contributed by atoms with E-state index in [2.05, 4.69) is 0 Å². The Kier molecular flexibility index (Phi) is 5.42. The van der Waals surface area contributed by atoms with E-state index in [1.807, 2.05) is 0 Å². The molecule has 5 heteroatoms. The summed E-state index contributed by atoms with van der Waals surface area (Å²) in [6.07, 6.45) is 3.37. The van der Waals surface area contributed by atoms with Crippen molar-refractivity contribution < 1.29 is 19.7 Å². The summed E-state index contributed by atoms with van der Waals surface area (Å²) >= 11 is 0. The molecule has 88 valence electrons. The molecule has 0 unspecified atom stereocenters. The van der Waals surface area contributed by atoms with E-state index < -0.39 is 0 Å². The minimum Gasteiger partial charge on any atom is -0.447 e.